The summed E-state index contributed by atoms with van der Waals surface area (Å²) in [5.41, 5.74) is 1.08. The zero-order chi connectivity index (χ0) is 17.6. The molecule has 0 bridgehead atoms. The molecule has 0 unspecified atom stereocenters. The summed E-state index contributed by atoms with van der Waals surface area (Å²) in [5.74, 6) is -0.472. The highest BCUT2D eigenvalue weighted by molar-refractivity contribution is 5.96. The maximum atomic E-state index is 12.2. The van der Waals surface area contributed by atoms with Gasteiger partial charge in [0, 0.05) is 37.9 Å². The predicted molar refractivity (Wildman–Crippen MR) is 92.1 cm³/mol. The Kier molecular flexibility index (Phi) is 5.13. The number of rotatable bonds is 4. The lowest BCUT2D eigenvalue weighted by molar-refractivity contribution is -0.131. The summed E-state index contributed by atoms with van der Waals surface area (Å²) in [4.78, 5) is 42.7. The molecule has 2 heterocycles. The summed E-state index contributed by atoms with van der Waals surface area (Å²) in [6.07, 6.45) is 1.71. The van der Waals surface area contributed by atoms with Crippen LogP contribution in [0.1, 0.15) is 20.8 Å². The van der Waals surface area contributed by atoms with Crippen LogP contribution in [0.3, 0.4) is 0 Å². The van der Waals surface area contributed by atoms with Gasteiger partial charge in [0.2, 0.25) is 5.91 Å². The molecule has 3 rings (SSSR count). The Balaban J connectivity index is 1.45. The highest BCUT2D eigenvalue weighted by atomic mass is 16.2. The molecule has 2 N–H and O–H groups in total. The third-order valence-corrected chi connectivity index (χ3v) is 4.18. The maximum absolute atomic E-state index is 12.2. The topological polar surface area (TPSA) is 85.5 Å². The minimum atomic E-state index is -0.269. The second-order valence-corrected chi connectivity index (χ2v) is 5.81. The second-order valence-electron chi connectivity index (χ2n) is 5.81. The van der Waals surface area contributed by atoms with Crippen molar-refractivity contribution in [3.05, 3.63) is 59.9 Å². The van der Waals surface area contributed by atoms with Crippen molar-refractivity contribution in [2.24, 2.45) is 0 Å². The number of nitrogens with one attached hydrogen (secondary N) is 2. The van der Waals surface area contributed by atoms with Gasteiger partial charge in [0.05, 0.1) is 6.54 Å². The van der Waals surface area contributed by atoms with Crippen molar-refractivity contribution in [1.29, 1.82) is 0 Å². The molecule has 3 amide bonds. The SMILES string of the molecule is O=C(NCC(=O)N1CCN(C(=O)c2ccc[nH]2)CC1)c1ccccc1. The summed E-state index contributed by atoms with van der Waals surface area (Å²) >= 11 is 0. The number of carbonyl (C=O) groups is 3. The molecule has 1 fully saturated rings. The normalized spacial score (nSPS) is 14.2. The molecule has 1 aliphatic heterocycles. The fourth-order valence-electron chi connectivity index (χ4n) is 2.75. The Morgan fingerprint density at radius 1 is 0.920 bits per heavy atom. The molecular formula is C18H20N4O3. The zero-order valence-electron chi connectivity index (χ0n) is 13.8. The van der Waals surface area contributed by atoms with Crippen molar-refractivity contribution < 1.29 is 14.4 Å². The van der Waals surface area contributed by atoms with Crippen molar-refractivity contribution in [3.63, 3.8) is 0 Å². The van der Waals surface area contributed by atoms with Gasteiger partial charge in [-0.15, -0.1) is 0 Å². The number of carbonyl (C=O) groups excluding carboxylic acids is 3. The molecule has 130 valence electrons. The smallest absolute Gasteiger partial charge is 0.270 e. The van der Waals surface area contributed by atoms with Crippen LogP contribution in [0.2, 0.25) is 0 Å². The van der Waals surface area contributed by atoms with Crippen molar-refractivity contribution in [3.8, 4) is 0 Å². The van der Waals surface area contributed by atoms with Gasteiger partial charge >= 0.3 is 0 Å². The van der Waals surface area contributed by atoms with E-state index in [1.54, 1.807) is 52.4 Å². The number of hydrogen-bond donors (Lipinski definition) is 2. The van der Waals surface area contributed by atoms with Gasteiger partial charge in [0.1, 0.15) is 5.69 Å². The van der Waals surface area contributed by atoms with E-state index in [0.29, 0.717) is 37.4 Å². The Labute approximate surface area is 145 Å². The van der Waals surface area contributed by atoms with E-state index in [9.17, 15) is 14.4 Å². The molecule has 0 atom stereocenters. The molecule has 2 aromatic rings. The van der Waals surface area contributed by atoms with Gasteiger partial charge in [0.25, 0.3) is 11.8 Å². The van der Waals surface area contributed by atoms with Crippen molar-refractivity contribution >= 4 is 17.7 Å². The Hall–Kier alpha value is -3.09. The molecule has 0 aliphatic carbocycles. The monoisotopic (exact) mass is 340 g/mol. The molecule has 7 heteroatoms. The van der Waals surface area contributed by atoms with Crippen molar-refractivity contribution in [2.75, 3.05) is 32.7 Å². The molecule has 0 saturated carbocycles. The highest BCUT2D eigenvalue weighted by Gasteiger charge is 2.25. The van der Waals surface area contributed by atoms with E-state index >= 15 is 0 Å². The van der Waals surface area contributed by atoms with Gasteiger partial charge in [-0.25, -0.2) is 0 Å². The van der Waals surface area contributed by atoms with Crippen molar-refractivity contribution in [1.82, 2.24) is 20.1 Å². The fourth-order valence-corrected chi connectivity index (χ4v) is 2.75. The standard InChI is InChI=1S/C18H20N4O3/c23-16(13-20-17(24)14-5-2-1-3-6-14)21-9-11-22(12-10-21)18(25)15-7-4-8-19-15/h1-8,19H,9-13H2,(H,20,24). The molecule has 25 heavy (non-hydrogen) atoms. The van der Waals surface area contributed by atoms with E-state index in [0.717, 1.165) is 0 Å². The Bertz CT molecular complexity index is 735. The summed E-state index contributed by atoms with van der Waals surface area (Å²) in [6.45, 7) is 1.85. The highest BCUT2D eigenvalue weighted by Crippen LogP contribution is 2.07. The quantitative estimate of drug-likeness (QED) is 0.860. The first-order valence-electron chi connectivity index (χ1n) is 8.19. The van der Waals surface area contributed by atoms with Gasteiger partial charge in [-0.05, 0) is 24.3 Å². The molecular weight excluding hydrogens is 320 g/mol. The number of hydrogen-bond acceptors (Lipinski definition) is 3. The predicted octanol–water partition coefficient (Wildman–Crippen LogP) is 0.729. The molecule has 0 radical (unpaired) electrons. The lowest BCUT2D eigenvalue weighted by Gasteiger charge is -2.34. The zero-order valence-corrected chi connectivity index (χ0v) is 13.8. The number of aromatic amines is 1. The number of amides is 3. The molecule has 1 aliphatic rings. The molecule has 0 spiro atoms. The van der Waals surface area contributed by atoms with Gasteiger partial charge in [-0.2, -0.15) is 0 Å². The number of aromatic nitrogens is 1. The third kappa shape index (κ3) is 4.06. The first-order chi connectivity index (χ1) is 12.1. The lowest BCUT2D eigenvalue weighted by atomic mass is 10.2. The number of piperazine rings is 1. The summed E-state index contributed by atoms with van der Waals surface area (Å²) < 4.78 is 0. The third-order valence-electron chi connectivity index (χ3n) is 4.18. The van der Waals surface area contributed by atoms with Gasteiger partial charge in [-0.3, -0.25) is 14.4 Å². The molecule has 1 saturated heterocycles. The van der Waals surface area contributed by atoms with Crippen molar-refractivity contribution in [2.45, 2.75) is 0 Å². The largest absolute Gasteiger partial charge is 0.357 e. The fraction of sp³-hybridized carbons (Fsp3) is 0.278. The first kappa shape index (κ1) is 16.8. The number of H-pyrrole nitrogens is 1. The summed E-state index contributed by atoms with van der Waals surface area (Å²) in [7, 11) is 0. The van der Waals surface area contributed by atoms with Crippen LogP contribution in [0.5, 0.6) is 0 Å². The lowest BCUT2D eigenvalue weighted by Crippen LogP contribution is -2.52. The van der Waals surface area contributed by atoms with Crippen LogP contribution >= 0.6 is 0 Å². The van der Waals surface area contributed by atoms with Crippen LogP contribution in [0.4, 0.5) is 0 Å². The number of benzene rings is 1. The van der Waals surface area contributed by atoms with Crippen LogP contribution in [0, 0.1) is 0 Å². The van der Waals surface area contributed by atoms with E-state index in [1.165, 1.54) is 0 Å². The average molecular weight is 340 g/mol. The minimum absolute atomic E-state index is 0.0434. The number of nitrogens with zero attached hydrogens (tertiary/aromatic N) is 2. The second kappa shape index (κ2) is 7.65. The molecule has 1 aromatic heterocycles. The van der Waals surface area contributed by atoms with E-state index in [-0.39, 0.29) is 24.3 Å². The Morgan fingerprint density at radius 2 is 1.60 bits per heavy atom. The summed E-state index contributed by atoms with van der Waals surface area (Å²) in [6, 6.07) is 12.3. The van der Waals surface area contributed by atoms with Crippen LogP contribution in [-0.4, -0.2) is 65.2 Å². The van der Waals surface area contributed by atoms with E-state index in [1.807, 2.05) is 6.07 Å². The first-order valence-corrected chi connectivity index (χ1v) is 8.19. The van der Waals surface area contributed by atoms with Gasteiger partial charge in [0.15, 0.2) is 0 Å². The molecule has 7 nitrogen and oxygen atoms in total. The van der Waals surface area contributed by atoms with E-state index < -0.39 is 0 Å². The molecule has 1 aromatic carbocycles. The van der Waals surface area contributed by atoms with E-state index in [2.05, 4.69) is 10.3 Å². The average Bonchev–Trinajstić information content (AvgIpc) is 3.21. The van der Waals surface area contributed by atoms with Crippen LogP contribution < -0.4 is 5.32 Å². The summed E-state index contributed by atoms with van der Waals surface area (Å²) in [5, 5.41) is 2.64. The van der Waals surface area contributed by atoms with Crippen LogP contribution in [0.25, 0.3) is 0 Å². The minimum Gasteiger partial charge on any atom is -0.357 e. The van der Waals surface area contributed by atoms with Gasteiger partial charge in [-0.1, -0.05) is 18.2 Å². The maximum Gasteiger partial charge on any atom is 0.270 e. The van der Waals surface area contributed by atoms with E-state index in [4.69, 9.17) is 0 Å². The van der Waals surface area contributed by atoms with Crippen LogP contribution in [-0.2, 0) is 4.79 Å². The Morgan fingerprint density at radius 3 is 2.24 bits per heavy atom. The van der Waals surface area contributed by atoms with Crippen LogP contribution in [0.15, 0.2) is 48.7 Å². The van der Waals surface area contributed by atoms with Gasteiger partial charge < -0.3 is 20.1 Å².